The number of esters is 1. The molecule has 0 N–H and O–H groups in total. The van der Waals surface area contributed by atoms with E-state index in [0.717, 1.165) is 17.3 Å². The molecule has 0 unspecified atom stereocenters. The number of carbonyl (C=O) groups excluding carboxylic acids is 2. The summed E-state index contributed by atoms with van der Waals surface area (Å²) in [6.45, 7) is 9.16. The van der Waals surface area contributed by atoms with E-state index >= 15 is 0 Å². The molecule has 0 bridgehead atoms. The number of benzene rings is 1. The topological polar surface area (TPSA) is 46.6 Å². The minimum absolute atomic E-state index is 0.0464. The number of hydrogen-bond acceptors (Lipinski definition) is 4. The van der Waals surface area contributed by atoms with E-state index in [2.05, 4.69) is 0 Å². The maximum Gasteiger partial charge on any atom is 0.339 e. The lowest BCUT2D eigenvalue weighted by atomic mass is 10.1. The number of rotatable bonds is 5. The molecule has 4 nitrogen and oxygen atoms in total. The van der Waals surface area contributed by atoms with Crippen LogP contribution >= 0.6 is 11.8 Å². The summed E-state index contributed by atoms with van der Waals surface area (Å²) in [7, 11) is 0. The highest BCUT2D eigenvalue weighted by molar-refractivity contribution is 8.13. The minimum atomic E-state index is -0.383. The van der Waals surface area contributed by atoms with E-state index in [1.165, 1.54) is 0 Å². The normalized spacial score (nSPS) is 10.2. The largest absolute Gasteiger partial charge is 0.462 e. The Balaban J connectivity index is 3.04. The van der Waals surface area contributed by atoms with Crippen LogP contribution < -0.4 is 0 Å². The van der Waals surface area contributed by atoms with E-state index in [-0.39, 0.29) is 11.2 Å². The first-order chi connectivity index (χ1) is 9.54. The highest BCUT2D eigenvalue weighted by atomic mass is 32.2. The molecule has 0 heterocycles. The van der Waals surface area contributed by atoms with Crippen molar-refractivity contribution in [2.24, 2.45) is 0 Å². The number of carbonyl (C=O) groups is 2. The molecule has 0 aromatic heterocycles. The van der Waals surface area contributed by atoms with Crippen molar-refractivity contribution in [3.05, 3.63) is 29.3 Å². The molecule has 1 amide bonds. The molecule has 0 atom stereocenters. The summed E-state index contributed by atoms with van der Waals surface area (Å²) in [5.74, 6) is -0.383. The molecule has 0 aliphatic rings. The van der Waals surface area contributed by atoms with Crippen LogP contribution in [-0.2, 0) is 4.74 Å². The fourth-order valence-corrected chi connectivity index (χ4v) is 2.84. The van der Waals surface area contributed by atoms with Gasteiger partial charge in [-0.15, -0.1) is 0 Å². The zero-order valence-electron chi connectivity index (χ0n) is 12.4. The van der Waals surface area contributed by atoms with Gasteiger partial charge >= 0.3 is 5.97 Å². The number of ether oxygens (including phenoxy) is 1. The van der Waals surface area contributed by atoms with Crippen LogP contribution in [0.3, 0.4) is 0 Å². The van der Waals surface area contributed by atoms with E-state index < -0.39 is 0 Å². The standard InChI is InChI=1S/C15H21NO3S/c1-5-16(6-2)15(18)20-13-11(4)9-8-10-12(13)14(17)19-7-3/h8-10H,5-7H2,1-4H3. The van der Waals surface area contributed by atoms with Gasteiger partial charge in [0.05, 0.1) is 12.2 Å². The Kier molecular flexibility index (Phi) is 6.58. The monoisotopic (exact) mass is 295 g/mol. The zero-order chi connectivity index (χ0) is 15.1. The summed E-state index contributed by atoms with van der Waals surface area (Å²) in [5, 5.41) is -0.0464. The molecular formula is C15H21NO3S. The van der Waals surface area contributed by atoms with Gasteiger partial charge in [-0.1, -0.05) is 12.1 Å². The Labute approximate surface area is 124 Å². The molecule has 110 valence electrons. The molecule has 1 rings (SSSR count). The van der Waals surface area contributed by atoms with Crippen LogP contribution in [0.5, 0.6) is 0 Å². The molecule has 0 aliphatic heterocycles. The summed E-state index contributed by atoms with van der Waals surface area (Å²) in [5.41, 5.74) is 1.36. The Morgan fingerprint density at radius 2 is 1.85 bits per heavy atom. The first-order valence-electron chi connectivity index (χ1n) is 6.78. The summed E-state index contributed by atoms with van der Waals surface area (Å²) in [4.78, 5) is 26.6. The number of aryl methyl sites for hydroxylation is 1. The van der Waals surface area contributed by atoms with Crippen molar-refractivity contribution < 1.29 is 14.3 Å². The van der Waals surface area contributed by atoms with Crippen molar-refractivity contribution in [3.63, 3.8) is 0 Å². The average Bonchev–Trinajstić information content (AvgIpc) is 2.42. The second-order valence-corrected chi connectivity index (χ2v) is 5.17. The van der Waals surface area contributed by atoms with Crippen LogP contribution in [0.25, 0.3) is 0 Å². The maximum atomic E-state index is 12.2. The molecule has 0 spiro atoms. The molecule has 1 aromatic carbocycles. The van der Waals surface area contributed by atoms with Gasteiger partial charge in [0.15, 0.2) is 0 Å². The maximum absolute atomic E-state index is 12.2. The number of nitrogens with zero attached hydrogens (tertiary/aromatic N) is 1. The fourth-order valence-electron chi connectivity index (χ4n) is 1.79. The molecule has 5 heteroatoms. The van der Waals surface area contributed by atoms with E-state index in [9.17, 15) is 9.59 Å². The third-order valence-corrected chi connectivity index (χ3v) is 4.10. The Hall–Kier alpha value is -1.49. The van der Waals surface area contributed by atoms with Crippen LogP contribution in [0, 0.1) is 6.92 Å². The second kappa shape index (κ2) is 7.94. The summed E-state index contributed by atoms with van der Waals surface area (Å²) in [6.07, 6.45) is 0. The Morgan fingerprint density at radius 3 is 2.40 bits per heavy atom. The third kappa shape index (κ3) is 4.00. The molecule has 0 saturated carbocycles. The summed E-state index contributed by atoms with van der Waals surface area (Å²) in [6, 6.07) is 5.39. The number of thioether (sulfide) groups is 1. The van der Waals surface area contributed by atoms with Crippen molar-refractivity contribution in [1.29, 1.82) is 0 Å². The van der Waals surface area contributed by atoms with Gasteiger partial charge < -0.3 is 9.64 Å². The van der Waals surface area contributed by atoms with Crippen LogP contribution in [0.4, 0.5) is 4.79 Å². The number of amides is 1. The van der Waals surface area contributed by atoms with Crippen molar-refractivity contribution in [3.8, 4) is 0 Å². The lowest BCUT2D eigenvalue weighted by Gasteiger charge is -2.19. The molecule has 1 aromatic rings. The van der Waals surface area contributed by atoms with Gasteiger partial charge in [-0.3, -0.25) is 4.79 Å². The highest BCUT2D eigenvalue weighted by Gasteiger charge is 2.19. The number of hydrogen-bond donors (Lipinski definition) is 0. The quantitative estimate of drug-likeness (QED) is 0.613. The van der Waals surface area contributed by atoms with Gasteiger partial charge in [-0.25, -0.2) is 4.79 Å². The Morgan fingerprint density at radius 1 is 1.20 bits per heavy atom. The van der Waals surface area contributed by atoms with Crippen molar-refractivity contribution in [1.82, 2.24) is 4.90 Å². The molecule has 0 fully saturated rings. The first kappa shape index (κ1) is 16.6. The molecule has 0 radical (unpaired) electrons. The molecule has 0 aliphatic carbocycles. The van der Waals surface area contributed by atoms with Gasteiger partial charge in [0.1, 0.15) is 0 Å². The van der Waals surface area contributed by atoms with Crippen LogP contribution in [0.2, 0.25) is 0 Å². The predicted octanol–water partition coefficient (Wildman–Crippen LogP) is 3.73. The third-order valence-electron chi connectivity index (χ3n) is 2.92. The van der Waals surface area contributed by atoms with Gasteiger partial charge in [-0.2, -0.15) is 0 Å². The van der Waals surface area contributed by atoms with Gasteiger partial charge in [0.2, 0.25) is 0 Å². The second-order valence-electron chi connectivity index (χ2n) is 4.21. The Bertz CT molecular complexity index is 484. The van der Waals surface area contributed by atoms with Crippen LogP contribution in [-0.4, -0.2) is 35.8 Å². The SMILES string of the molecule is CCOC(=O)c1cccc(C)c1SC(=O)N(CC)CC. The van der Waals surface area contributed by atoms with E-state index in [4.69, 9.17) is 4.74 Å². The molecule has 0 saturated heterocycles. The molecular weight excluding hydrogens is 274 g/mol. The van der Waals surface area contributed by atoms with E-state index in [1.54, 1.807) is 24.0 Å². The fraction of sp³-hybridized carbons (Fsp3) is 0.467. The van der Waals surface area contributed by atoms with Crippen molar-refractivity contribution >= 4 is 23.0 Å². The minimum Gasteiger partial charge on any atom is -0.462 e. The lowest BCUT2D eigenvalue weighted by molar-refractivity contribution is 0.0522. The van der Waals surface area contributed by atoms with Crippen molar-refractivity contribution in [2.75, 3.05) is 19.7 Å². The van der Waals surface area contributed by atoms with Crippen molar-refractivity contribution in [2.45, 2.75) is 32.6 Å². The lowest BCUT2D eigenvalue weighted by Crippen LogP contribution is -2.27. The van der Waals surface area contributed by atoms with Gasteiger partial charge in [0.25, 0.3) is 5.24 Å². The van der Waals surface area contributed by atoms with E-state index in [0.29, 0.717) is 30.2 Å². The smallest absolute Gasteiger partial charge is 0.339 e. The zero-order valence-corrected chi connectivity index (χ0v) is 13.3. The average molecular weight is 295 g/mol. The first-order valence-corrected chi connectivity index (χ1v) is 7.60. The summed E-state index contributed by atoms with van der Waals surface area (Å²) < 4.78 is 5.04. The van der Waals surface area contributed by atoms with Gasteiger partial charge in [0, 0.05) is 18.0 Å². The molecule has 20 heavy (non-hydrogen) atoms. The van der Waals surface area contributed by atoms with Crippen LogP contribution in [0.15, 0.2) is 23.1 Å². The highest BCUT2D eigenvalue weighted by Crippen LogP contribution is 2.29. The predicted molar refractivity (Wildman–Crippen MR) is 81.3 cm³/mol. The van der Waals surface area contributed by atoms with Gasteiger partial charge in [-0.05, 0) is 51.1 Å². The van der Waals surface area contributed by atoms with E-state index in [1.807, 2.05) is 26.8 Å². The van der Waals surface area contributed by atoms with Crippen LogP contribution in [0.1, 0.15) is 36.7 Å². The summed E-state index contributed by atoms with van der Waals surface area (Å²) >= 11 is 1.09.